The van der Waals surface area contributed by atoms with Crippen molar-refractivity contribution < 1.29 is 22.3 Å². The smallest absolute Gasteiger partial charge is 0.228 e. The van der Waals surface area contributed by atoms with E-state index in [2.05, 4.69) is 4.98 Å². The quantitative estimate of drug-likeness (QED) is 0.263. The molecular formula is C31H32FN3O4S. The molecule has 1 fully saturated rings. The molecule has 0 aliphatic carbocycles. The second-order valence-electron chi connectivity index (χ2n) is 10.0. The van der Waals surface area contributed by atoms with Crippen molar-refractivity contribution >= 4 is 15.7 Å². The first-order chi connectivity index (χ1) is 19.4. The highest BCUT2D eigenvalue weighted by Crippen LogP contribution is 2.23. The third-order valence-corrected chi connectivity index (χ3v) is 8.59. The van der Waals surface area contributed by atoms with Gasteiger partial charge in [-0.05, 0) is 30.0 Å². The molecule has 2 heterocycles. The molecule has 1 amide bonds. The number of hydrogen-bond donors (Lipinski definition) is 0. The molecule has 1 aliphatic heterocycles. The summed E-state index contributed by atoms with van der Waals surface area (Å²) in [5.41, 5.74) is 2.44. The van der Waals surface area contributed by atoms with Crippen LogP contribution in [0.25, 0.3) is 0 Å². The average molecular weight is 562 g/mol. The standard InChI is InChI=1S/C31H32FN3O4S/c32-29-16-8-7-14-26(29)23-40(37,38)31-33-19-27(35(31)20-25-12-5-2-6-13-25)21-34(22-28-15-9-17-39-28)30(36)18-24-10-3-1-4-11-24/h1-8,10-14,16,19,28H,9,15,17-18,20-23H2/t28-/m1/s1. The van der Waals surface area contributed by atoms with Gasteiger partial charge >= 0.3 is 0 Å². The third kappa shape index (κ3) is 6.84. The normalized spacial score (nSPS) is 15.3. The van der Waals surface area contributed by atoms with Crippen molar-refractivity contribution in [1.29, 1.82) is 0 Å². The van der Waals surface area contributed by atoms with Gasteiger partial charge in [0.2, 0.25) is 20.9 Å². The topological polar surface area (TPSA) is 81.5 Å². The lowest BCUT2D eigenvalue weighted by atomic mass is 10.1. The summed E-state index contributed by atoms with van der Waals surface area (Å²) >= 11 is 0. The van der Waals surface area contributed by atoms with Crippen LogP contribution in [0, 0.1) is 5.82 Å². The molecule has 0 spiro atoms. The molecule has 40 heavy (non-hydrogen) atoms. The van der Waals surface area contributed by atoms with Gasteiger partial charge < -0.3 is 14.2 Å². The van der Waals surface area contributed by atoms with Crippen LogP contribution >= 0.6 is 0 Å². The van der Waals surface area contributed by atoms with Crippen LogP contribution in [0.15, 0.2) is 96.3 Å². The molecule has 5 rings (SSSR count). The Bertz CT molecular complexity index is 1540. The molecule has 0 radical (unpaired) electrons. The number of aromatic nitrogens is 2. The third-order valence-electron chi connectivity index (χ3n) is 7.02. The number of imidazole rings is 1. The number of halogens is 1. The van der Waals surface area contributed by atoms with Crippen molar-refractivity contribution in [3.63, 3.8) is 0 Å². The highest BCUT2D eigenvalue weighted by Gasteiger charge is 2.28. The molecule has 0 saturated carbocycles. The van der Waals surface area contributed by atoms with Gasteiger partial charge in [0.1, 0.15) is 5.82 Å². The number of ether oxygens (including phenoxy) is 1. The van der Waals surface area contributed by atoms with Crippen LogP contribution < -0.4 is 0 Å². The van der Waals surface area contributed by atoms with Gasteiger partial charge in [0.05, 0.1) is 43.3 Å². The van der Waals surface area contributed by atoms with Crippen LogP contribution in [0.4, 0.5) is 4.39 Å². The van der Waals surface area contributed by atoms with Crippen molar-refractivity contribution in [3.05, 3.63) is 119 Å². The summed E-state index contributed by atoms with van der Waals surface area (Å²) in [7, 11) is -4.01. The first-order valence-corrected chi connectivity index (χ1v) is 15.0. The summed E-state index contributed by atoms with van der Waals surface area (Å²) in [6.45, 7) is 1.47. The molecule has 7 nitrogen and oxygen atoms in total. The van der Waals surface area contributed by atoms with E-state index >= 15 is 0 Å². The molecular weight excluding hydrogens is 529 g/mol. The van der Waals surface area contributed by atoms with E-state index in [1.54, 1.807) is 15.5 Å². The Morgan fingerprint density at radius 2 is 1.65 bits per heavy atom. The van der Waals surface area contributed by atoms with Gasteiger partial charge in [-0.15, -0.1) is 0 Å². The maximum Gasteiger partial charge on any atom is 0.228 e. The van der Waals surface area contributed by atoms with Crippen LogP contribution in [0.1, 0.15) is 35.2 Å². The van der Waals surface area contributed by atoms with E-state index in [0.29, 0.717) is 18.8 Å². The molecule has 9 heteroatoms. The van der Waals surface area contributed by atoms with Crippen molar-refractivity contribution in [2.45, 2.75) is 49.4 Å². The van der Waals surface area contributed by atoms with E-state index in [9.17, 15) is 17.6 Å². The number of hydrogen-bond acceptors (Lipinski definition) is 5. The summed E-state index contributed by atoms with van der Waals surface area (Å²) in [5.74, 6) is -1.18. The first-order valence-electron chi connectivity index (χ1n) is 13.4. The fourth-order valence-electron chi connectivity index (χ4n) is 4.95. The number of benzene rings is 3. The van der Waals surface area contributed by atoms with E-state index in [1.165, 1.54) is 24.4 Å². The number of carbonyl (C=O) groups is 1. The lowest BCUT2D eigenvalue weighted by Crippen LogP contribution is -2.38. The Hall–Kier alpha value is -3.82. The van der Waals surface area contributed by atoms with Gasteiger partial charge in [-0.25, -0.2) is 17.8 Å². The Morgan fingerprint density at radius 3 is 2.33 bits per heavy atom. The molecule has 3 aromatic carbocycles. The SMILES string of the molecule is O=C(Cc1ccccc1)N(Cc1cnc(S(=O)(=O)Cc2ccccc2F)n1Cc1ccccc1)C[C@H]1CCCO1. The summed E-state index contributed by atoms with van der Waals surface area (Å²) in [6.07, 6.45) is 3.46. The number of carbonyl (C=O) groups excluding carboxylic acids is 1. The Kier molecular flexibility index (Phi) is 8.72. The van der Waals surface area contributed by atoms with Crippen molar-refractivity contribution in [1.82, 2.24) is 14.5 Å². The fraction of sp³-hybridized carbons (Fsp3) is 0.290. The second-order valence-corrected chi connectivity index (χ2v) is 11.9. The highest BCUT2D eigenvalue weighted by molar-refractivity contribution is 7.90. The van der Waals surface area contributed by atoms with Gasteiger partial charge in [-0.2, -0.15) is 0 Å². The molecule has 1 aliphatic rings. The molecule has 208 valence electrons. The van der Waals surface area contributed by atoms with Gasteiger partial charge in [0, 0.05) is 18.7 Å². The zero-order valence-corrected chi connectivity index (χ0v) is 23.0. The van der Waals surface area contributed by atoms with Crippen LogP contribution in [-0.4, -0.2) is 48.0 Å². The predicted octanol–water partition coefficient (Wildman–Crippen LogP) is 4.79. The minimum absolute atomic E-state index is 0.0746. The lowest BCUT2D eigenvalue weighted by molar-refractivity contribution is -0.132. The molecule has 0 N–H and O–H groups in total. The summed E-state index contributed by atoms with van der Waals surface area (Å²) < 4.78 is 49.0. The summed E-state index contributed by atoms with van der Waals surface area (Å²) in [5, 5.41) is -0.151. The molecule has 1 aromatic heterocycles. The van der Waals surface area contributed by atoms with Gasteiger partial charge in [-0.1, -0.05) is 78.9 Å². The monoisotopic (exact) mass is 561 g/mol. The van der Waals surface area contributed by atoms with Gasteiger partial charge in [0.15, 0.2) is 0 Å². The average Bonchev–Trinajstić information content (AvgIpc) is 3.61. The Morgan fingerprint density at radius 1 is 0.975 bits per heavy atom. The molecule has 0 bridgehead atoms. The summed E-state index contributed by atoms with van der Waals surface area (Å²) in [6, 6.07) is 24.8. The fourth-order valence-corrected chi connectivity index (χ4v) is 6.46. The van der Waals surface area contributed by atoms with Crippen LogP contribution in [0.5, 0.6) is 0 Å². The summed E-state index contributed by atoms with van der Waals surface area (Å²) in [4.78, 5) is 19.6. The minimum Gasteiger partial charge on any atom is -0.376 e. The highest BCUT2D eigenvalue weighted by atomic mass is 32.2. The number of amides is 1. The Labute approximate surface area is 234 Å². The number of nitrogens with zero attached hydrogens (tertiary/aromatic N) is 3. The minimum atomic E-state index is -4.01. The predicted molar refractivity (Wildman–Crippen MR) is 150 cm³/mol. The second kappa shape index (κ2) is 12.6. The molecule has 1 atom stereocenters. The van der Waals surface area contributed by atoms with E-state index < -0.39 is 21.4 Å². The lowest BCUT2D eigenvalue weighted by Gasteiger charge is -2.26. The largest absolute Gasteiger partial charge is 0.376 e. The van der Waals surface area contributed by atoms with E-state index in [4.69, 9.17) is 4.74 Å². The van der Waals surface area contributed by atoms with Gasteiger partial charge in [0.25, 0.3) is 0 Å². The molecule has 0 unspecified atom stereocenters. The van der Waals surface area contributed by atoms with Crippen molar-refractivity contribution in [2.24, 2.45) is 0 Å². The van der Waals surface area contributed by atoms with Crippen molar-refractivity contribution in [3.8, 4) is 0 Å². The first kappa shape index (κ1) is 27.7. The zero-order valence-electron chi connectivity index (χ0n) is 22.2. The Balaban J connectivity index is 1.48. The van der Waals surface area contributed by atoms with E-state index in [0.717, 1.165) is 24.0 Å². The maximum atomic E-state index is 14.4. The molecule has 4 aromatic rings. The van der Waals surface area contributed by atoms with Crippen molar-refractivity contribution in [2.75, 3.05) is 13.2 Å². The van der Waals surface area contributed by atoms with Crippen LogP contribution in [-0.2, 0) is 44.6 Å². The zero-order chi connectivity index (χ0) is 28.0. The van der Waals surface area contributed by atoms with Crippen LogP contribution in [0.3, 0.4) is 0 Å². The van der Waals surface area contributed by atoms with E-state index in [1.807, 2.05) is 60.7 Å². The number of rotatable bonds is 11. The van der Waals surface area contributed by atoms with E-state index in [-0.39, 0.29) is 42.2 Å². The molecule has 1 saturated heterocycles. The number of sulfone groups is 1. The maximum absolute atomic E-state index is 14.4. The van der Waals surface area contributed by atoms with Gasteiger partial charge in [-0.3, -0.25) is 4.79 Å². The van der Waals surface area contributed by atoms with Crippen LogP contribution in [0.2, 0.25) is 0 Å².